The maximum Gasteiger partial charge on any atom is 0.223 e. The fourth-order valence-corrected chi connectivity index (χ4v) is 2.69. The van der Waals surface area contributed by atoms with Crippen molar-refractivity contribution in [1.29, 1.82) is 5.26 Å². The minimum atomic E-state index is 0.109. The summed E-state index contributed by atoms with van der Waals surface area (Å²) in [5.41, 5.74) is 2.81. The summed E-state index contributed by atoms with van der Waals surface area (Å²) in [6.45, 7) is 4.78. The molecule has 1 amide bonds. The van der Waals surface area contributed by atoms with Gasteiger partial charge in [-0.3, -0.25) is 4.79 Å². The number of nitrogens with zero attached hydrogens (tertiary/aromatic N) is 2. The van der Waals surface area contributed by atoms with Crippen molar-refractivity contribution in [3.63, 3.8) is 0 Å². The van der Waals surface area contributed by atoms with Gasteiger partial charge in [0.1, 0.15) is 0 Å². The second kappa shape index (κ2) is 9.66. The molecule has 2 aromatic rings. The van der Waals surface area contributed by atoms with E-state index in [1.807, 2.05) is 36.4 Å². The fraction of sp³-hybridized carbons (Fsp3) is 0.238. The lowest BCUT2D eigenvalue weighted by atomic mass is 10.1. The summed E-state index contributed by atoms with van der Waals surface area (Å²) in [7, 11) is 0. The average Bonchev–Trinajstić information content (AvgIpc) is 2.63. The summed E-state index contributed by atoms with van der Waals surface area (Å²) >= 11 is 5.88. The zero-order valence-corrected chi connectivity index (χ0v) is 14.9. The summed E-state index contributed by atoms with van der Waals surface area (Å²) in [6, 6.07) is 17.1. The molecule has 25 heavy (non-hydrogen) atoms. The number of aryl methyl sites for hydroxylation is 1. The first-order chi connectivity index (χ1) is 12.1. The molecule has 0 N–H and O–H groups in total. The van der Waals surface area contributed by atoms with Gasteiger partial charge in [0.15, 0.2) is 0 Å². The van der Waals surface area contributed by atoms with Crippen LogP contribution >= 0.6 is 11.6 Å². The summed E-state index contributed by atoms with van der Waals surface area (Å²) in [6.07, 6.45) is 3.87. The molecule has 0 radical (unpaired) electrons. The van der Waals surface area contributed by atoms with Gasteiger partial charge in [0.25, 0.3) is 0 Å². The zero-order chi connectivity index (χ0) is 18.1. The third-order valence-corrected chi connectivity index (χ3v) is 4.18. The van der Waals surface area contributed by atoms with Gasteiger partial charge in [-0.2, -0.15) is 5.26 Å². The van der Waals surface area contributed by atoms with Crippen molar-refractivity contribution >= 4 is 17.5 Å². The predicted octanol–water partition coefficient (Wildman–Crippen LogP) is 4.75. The largest absolute Gasteiger partial charge is 0.335 e. The number of nitriles is 1. The van der Waals surface area contributed by atoms with Crippen LogP contribution in [0.25, 0.3) is 0 Å². The lowest BCUT2D eigenvalue weighted by Crippen LogP contribution is -2.30. The Balaban J connectivity index is 1.89. The molecule has 4 heteroatoms. The third kappa shape index (κ3) is 6.10. The van der Waals surface area contributed by atoms with Gasteiger partial charge in [0, 0.05) is 24.5 Å². The Kier molecular flexibility index (Phi) is 7.25. The van der Waals surface area contributed by atoms with Crippen molar-refractivity contribution < 1.29 is 4.79 Å². The van der Waals surface area contributed by atoms with Crippen LogP contribution in [0.1, 0.15) is 29.5 Å². The highest BCUT2D eigenvalue weighted by atomic mass is 35.5. The van der Waals surface area contributed by atoms with Crippen LogP contribution in [-0.4, -0.2) is 17.4 Å². The molecule has 0 aliphatic carbocycles. The molecular weight excluding hydrogens is 332 g/mol. The highest BCUT2D eigenvalue weighted by molar-refractivity contribution is 6.30. The summed E-state index contributed by atoms with van der Waals surface area (Å²) < 4.78 is 0. The van der Waals surface area contributed by atoms with Crippen LogP contribution in [0.2, 0.25) is 5.02 Å². The maximum atomic E-state index is 12.5. The first-order valence-corrected chi connectivity index (χ1v) is 8.62. The van der Waals surface area contributed by atoms with E-state index in [4.69, 9.17) is 16.9 Å². The van der Waals surface area contributed by atoms with Gasteiger partial charge in [-0.05, 0) is 48.2 Å². The molecule has 0 saturated carbocycles. The standard InChI is InChI=1S/C21H21ClN2O/c1-2-14-24(16-19-8-6-18(15-23)7-9-19)21(25)5-3-4-17-10-12-20(22)13-11-17/h2,6-13H,1,3-5,14,16H2. The van der Waals surface area contributed by atoms with E-state index in [0.717, 1.165) is 23.4 Å². The normalized spacial score (nSPS) is 10.1. The number of hydrogen-bond donors (Lipinski definition) is 0. The second-order valence-electron chi connectivity index (χ2n) is 5.85. The number of benzene rings is 2. The number of halogens is 1. The van der Waals surface area contributed by atoms with Gasteiger partial charge in [-0.25, -0.2) is 0 Å². The summed E-state index contributed by atoms with van der Waals surface area (Å²) in [5.74, 6) is 0.109. The van der Waals surface area contributed by atoms with Crippen LogP contribution in [0.3, 0.4) is 0 Å². The summed E-state index contributed by atoms with van der Waals surface area (Å²) in [5, 5.41) is 9.58. The topological polar surface area (TPSA) is 44.1 Å². The van der Waals surface area contributed by atoms with Crippen molar-refractivity contribution in [2.24, 2.45) is 0 Å². The molecule has 0 aromatic heterocycles. The Morgan fingerprint density at radius 3 is 2.36 bits per heavy atom. The van der Waals surface area contributed by atoms with Crippen LogP contribution in [0, 0.1) is 11.3 Å². The second-order valence-corrected chi connectivity index (χ2v) is 6.29. The van der Waals surface area contributed by atoms with E-state index in [2.05, 4.69) is 12.6 Å². The van der Waals surface area contributed by atoms with Gasteiger partial charge < -0.3 is 4.90 Å². The molecule has 128 valence electrons. The lowest BCUT2D eigenvalue weighted by Gasteiger charge is -2.21. The average molecular weight is 353 g/mol. The molecule has 0 fully saturated rings. The Labute approximate surface area is 154 Å². The van der Waals surface area contributed by atoms with E-state index in [-0.39, 0.29) is 5.91 Å². The molecule has 2 aromatic carbocycles. The molecule has 0 atom stereocenters. The zero-order valence-electron chi connectivity index (χ0n) is 14.1. The van der Waals surface area contributed by atoms with Crippen molar-refractivity contribution in [2.45, 2.75) is 25.8 Å². The molecule has 0 spiro atoms. The number of carbonyl (C=O) groups excluding carboxylic acids is 1. The first-order valence-electron chi connectivity index (χ1n) is 8.24. The van der Waals surface area contributed by atoms with E-state index in [9.17, 15) is 4.79 Å². The van der Waals surface area contributed by atoms with E-state index in [0.29, 0.717) is 25.1 Å². The molecule has 0 heterocycles. The minimum Gasteiger partial charge on any atom is -0.335 e. The van der Waals surface area contributed by atoms with Crippen LogP contribution in [0.15, 0.2) is 61.2 Å². The van der Waals surface area contributed by atoms with E-state index >= 15 is 0 Å². The Hall–Kier alpha value is -2.57. The van der Waals surface area contributed by atoms with Crippen LogP contribution in [0.5, 0.6) is 0 Å². The van der Waals surface area contributed by atoms with E-state index in [1.54, 1.807) is 23.1 Å². The highest BCUT2D eigenvalue weighted by Gasteiger charge is 2.12. The number of hydrogen-bond acceptors (Lipinski definition) is 2. The quantitative estimate of drug-likeness (QED) is 0.643. The van der Waals surface area contributed by atoms with Gasteiger partial charge >= 0.3 is 0 Å². The van der Waals surface area contributed by atoms with Crippen LogP contribution in [-0.2, 0) is 17.8 Å². The third-order valence-electron chi connectivity index (χ3n) is 3.93. The van der Waals surface area contributed by atoms with Crippen LogP contribution < -0.4 is 0 Å². The molecular formula is C21H21ClN2O. The number of rotatable bonds is 8. The van der Waals surface area contributed by atoms with Gasteiger partial charge in [0.2, 0.25) is 5.91 Å². The van der Waals surface area contributed by atoms with Crippen molar-refractivity contribution in [3.05, 3.63) is 82.9 Å². The SMILES string of the molecule is C=CCN(Cc1ccc(C#N)cc1)C(=O)CCCc1ccc(Cl)cc1. The van der Waals surface area contributed by atoms with Crippen molar-refractivity contribution in [3.8, 4) is 6.07 Å². The molecule has 2 rings (SSSR count). The van der Waals surface area contributed by atoms with Gasteiger partial charge in [-0.15, -0.1) is 6.58 Å². The van der Waals surface area contributed by atoms with Gasteiger partial charge in [0.05, 0.1) is 11.6 Å². The first kappa shape index (κ1) is 18.8. The lowest BCUT2D eigenvalue weighted by molar-refractivity contribution is -0.131. The molecule has 0 unspecified atom stereocenters. The molecule has 0 bridgehead atoms. The number of amides is 1. The van der Waals surface area contributed by atoms with E-state index in [1.165, 1.54) is 5.56 Å². The molecule has 0 saturated heterocycles. The smallest absolute Gasteiger partial charge is 0.223 e. The van der Waals surface area contributed by atoms with Crippen LogP contribution in [0.4, 0.5) is 0 Å². The maximum absolute atomic E-state index is 12.5. The Morgan fingerprint density at radius 1 is 1.12 bits per heavy atom. The van der Waals surface area contributed by atoms with E-state index < -0.39 is 0 Å². The Bertz CT molecular complexity index is 745. The minimum absolute atomic E-state index is 0.109. The fourth-order valence-electron chi connectivity index (χ4n) is 2.57. The van der Waals surface area contributed by atoms with Gasteiger partial charge in [-0.1, -0.05) is 41.9 Å². The molecule has 0 aliphatic heterocycles. The predicted molar refractivity (Wildman–Crippen MR) is 101 cm³/mol. The Morgan fingerprint density at radius 2 is 1.76 bits per heavy atom. The van der Waals surface area contributed by atoms with Crippen molar-refractivity contribution in [1.82, 2.24) is 4.90 Å². The van der Waals surface area contributed by atoms with Crippen molar-refractivity contribution in [2.75, 3.05) is 6.54 Å². The summed E-state index contributed by atoms with van der Waals surface area (Å²) in [4.78, 5) is 14.3. The number of carbonyl (C=O) groups is 1. The molecule has 3 nitrogen and oxygen atoms in total. The monoisotopic (exact) mass is 352 g/mol. The highest BCUT2D eigenvalue weighted by Crippen LogP contribution is 2.13. The molecule has 0 aliphatic rings.